The van der Waals surface area contributed by atoms with Gasteiger partial charge in [-0.3, -0.25) is 0 Å². The van der Waals surface area contributed by atoms with Crippen LogP contribution in [0, 0.1) is 12.9 Å². The van der Waals surface area contributed by atoms with Gasteiger partial charge in [-0.1, -0.05) is 9.61 Å². The van der Waals surface area contributed by atoms with E-state index < -0.39 is 33.8 Å². The first-order valence-corrected chi connectivity index (χ1v) is 9.60. The predicted molar refractivity (Wildman–Crippen MR) is 95.8 cm³/mol. The third-order valence-electron chi connectivity index (χ3n) is 4.43. The molecule has 0 aromatic carbocycles. The third kappa shape index (κ3) is 3.77. The quantitative estimate of drug-likeness (QED) is 0.330. The summed E-state index contributed by atoms with van der Waals surface area (Å²) in [5, 5.41) is 7.49. The Morgan fingerprint density at radius 2 is 1.89 bits per heavy atom. The molecule has 3 rings (SSSR count). The van der Waals surface area contributed by atoms with Gasteiger partial charge in [0.2, 0.25) is 5.95 Å². The van der Waals surface area contributed by atoms with Crippen molar-refractivity contribution in [2.75, 3.05) is 0 Å². The molecule has 152 valence electrons. The second-order valence-corrected chi connectivity index (χ2v) is 9.55. The summed E-state index contributed by atoms with van der Waals surface area (Å²) in [6, 6.07) is 2.48. The largest absolute Gasteiger partial charge is 0.591 e. The van der Waals surface area contributed by atoms with Crippen LogP contribution in [0.2, 0.25) is 0 Å². The van der Waals surface area contributed by atoms with Crippen LogP contribution in [0.5, 0.6) is 0 Å². The molecule has 0 radical (unpaired) electrons. The van der Waals surface area contributed by atoms with Crippen LogP contribution in [0.15, 0.2) is 22.7 Å². The summed E-state index contributed by atoms with van der Waals surface area (Å²) in [6.07, 6.45) is -3.49. The van der Waals surface area contributed by atoms with E-state index in [1.807, 2.05) is 0 Å². The van der Waals surface area contributed by atoms with E-state index in [1.165, 1.54) is 13.0 Å². The second kappa shape index (κ2) is 6.80. The molecule has 1 aliphatic rings. The fourth-order valence-corrected chi connectivity index (χ4v) is 3.21. The van der Waals surface area contributed by atoms with Crippen molar-refractivity contribution in [3.8, 4) is 0 Å². The van der Waals surface area contributed by atoms with Gasteiger partial charge in [0.05, 0.1) is 11.9 Å². The maximum Gasteiger partial charge on any atom is 0.413 e. The highest BCUT2D eigenvalue weighted by molar-refractivity contribution is 7.91. The van der Waals surface area contributed by atoms with E-state index in [4.69, 9.17) is 0 Å². The van der Waals surface area contributed by atoms with E-state index >= 15 is 0 Å². The summed E-state index contributed by atoms with van der Waals surface area (Å²) >= 11 is -1.73. The Morgan fingerprint density at radius 1 is 1.25 bits per heavy atom. The molecule has 28 heavy (non-hydrogen) atoms. The number of hydrogen-bond donors (Lipinski definition) is 0. The number of pyridine rings is 1. The van der Waals surface area contributed by atoms with Crippen LogP contribution < -0.4 is 0 Å². The van der Waals surface area contributed by atoms with E-state index in [1.54, 1.807) is 20.8 Å². The molecule has 6 nitrogen and oxygen atoms in total. The first-order chi connectivity index (χ1) is 12.8. The van der Waals surface area contributed by atoms with Crippen LogP contribution in [0.1, 0.15) is 50.6 Å². The molecule has 1 aliphatic carbocycles. The van der Waals surface area contributed by atoms with Crippen molar-refractivity contribution in [3.05, 3.63) is 41.2 Å². The van der Waals surface area contributed by atoms with Gasteiger partial charge in [0.25, 0.3) is 0 Å². The van der Waals surface area contributed by atoms with Gasteiger partial charge in [0.15, 0.2) is 11.3 Å². The van der Waals surface area contributed by atoms with E-state index in [2.05, 4.69) is 19.7 Å². The summed E-state index contributed by atoms with van der Waals surface area (Å²) in [4.78, 5) is 3.72. The Kier molecular flexibility index (Phi) is 5.03. The third-order valence-corrected chi connectivity index (χ3v) is 5.83. The summed E-state index contributed by atoms with van der Waals surface area (Å²) < 4.78 is 70.3. The molecule has 2 aromatic rings. The van der Waals surface area contributed by atoms with Crippen molar-refractivity contribution in [2.24, 2.45) is 4.40 Å². The fourth-order valence-electron chi connectivity index (χ4n) is 2.58. The minimum atomic E-state index is -4.46. The Hall–Kier alpha value is -2.01. The predicted octanol–water partition coefficient (Wildman–Crippen LogP) is 3.47. The summed E-state index contributed by atoms with van der Waals surface area (Å²) in [5.74, 6) is -0.713. The van der Waals surface area contributed by atoms with Gasteiger partial charge in [0, 0.05) is 5.56 Å². The highest BCUT2D eigenvalue weighted by atomic mass is 32.2. The Bertz CT molecular complexity index is 915. The topological polar surface area (TPSA) is 79.0 Å². The minimum Gasteiger partial charge on any atom is -0.591 e. The Balaban J connectivity index is 2.10. The summed E-state index contributed by atoms with van der Waals surface area (Å²) in [6.45, 7) is 6.65. The molecule has 1 fully saturated rings. The SMILES string of the molecule is Cc1nc(F)ccc1/C(=N\[S@@+]([O-])C(C)(C)C)c1cn(C2(C(F)(F)F)CC2)nn1. The molecule has 0 amide bonds. The van der Waals surface area contributed by atoms with Gasteiger partial charge >= 0.3 is 6.18 Å². The number of aryl methyl sites for hydroxylation is 1. The fraction of sp³-hybridized carbons (Fsp3) is 0.529. The molecule has 0 N–H and O–H groups in total. The molecule has 0 bridgehead atoms. The molecule has 11 heteroatoms. The first kappa shape index (κ1) is 20.7. The van der Waals surface area contributed by atoms with Gasteiger partial charge in [0.1, 0.15) is 21.8 Å². The zero-order valence-corrected chi connectivity index (χ0v) is 16.5. The number of hydrogen-bond acceptors (Lipinski definition) is 5. The lowest BCUT2D eigenvalue weighted by atomic mass is 10.1. The second-order valence-electron chi connectivity index (χ2n) is 7.65. The normalized spacial score (nSPS) is 18.2. The monoisotopic (exact) mass is 417 g/mol. The Labute approximate surface area is 162 Å². The van der Waals surface area contributed by atoms with Crippen LogP contribution in [0.25, 0.3) is 0 Å². The summed E-state index contributed by atoms with van der Waals surface area (Å²) in [5.41, 5.74) is -1.42. The average Bonchev–Trinajstić information content (AvgIpc) is 3.24. The van der Waals surface area contributed by atoms with Crippen molar-refractivity contribution in [3.63, 3.8) is 0 Å². The van der Waals surface area contributed by atoms with Gasteiger partial charge < -0.3 is 4.55 Å². The minimum absolute atomic E-state index is 0.0182. The lowest BCUT2D eigenvalue weighted by Gasteiger charge is -2.19. The zero-order chi connectivity index (χ0) is 20.9. The maximum absolute atomic E-state index is 13.4. The van der Waals surface area contributed by atoms with Crippen LogP contribution in [-0.4, -0.2) is 41.2 Å². The Morgan fingerprint density at radius 3 is 2.39 bits per heavy atom. The van der Waals surface area contributed by atoms with Crippen LogP contribution >= 0.6 is 0 Å². The van der Waals surface area contributed by atoms with E-state index in [9.17, 15) is 22.1 Å². The average molecular weight is 417 g/mol. The van der Waals surface area contributed by atoms with Crippen molar-refractivity contribution in [1.82, 2.24) is 20.0 Å². The molecule has 1 atom stereocenters. The van der Waals surface area contributed by atoms with E-state index in [0.29, 0.717) is 5.56 Å². The highest BCUT2D eigenvalue weighted by Gasteiger charge is 2.66. The lowest BCUT2D eigenvalue weighted by Crippen LogP contribution is -2.35. The smallest absolute Gasteiger partial charge is 0.413 e. The van der Waals surface area contributed by atoms with Crippen LogP contribution in [-0.2, 0) is 16.9 Å². The number of nitrogens with zero attached hydrogens (tertiary/aromatic N) is 5. The van der Waals surface area contributed by atoms with E-state index in [-0.39, 0.29) is 29.9 Å². The lowest BCUT2D eigenvalue weighted by molar-refractivity contribution is -0.182. The maximum atomic E-state index is 13.4. The molecular formula is C17H19F4N5OS. The number of alkyl halides is 3. The molecule has 1 saturated carbocycles. The molecule has 0 saturated heterocycles. The van der Waals surface area contributed by atoms with Crippen LogP contribution in [0.3, 0.4) is 0 Å². The molecule has 0 unspecified atom stereocenters. The van der Waals surface area contributed by atoms with Gasteiger partial charge in [-0.15, -0.1) is 5.10 Å². The van der Waals surface area contributed by atoms with E-state index in [0.717, 1.165) is 16.9 Å². The van der Waals surface area contributed by atoms with Crippen molar-refractivity contribution >= 4 is 17.1 Å². The summed E-state index contributed by atoms with van der Waals surface area (Å²) in [7, 11) is 0. The van der Waals surface area contributed by atoms with Gasteiger partial charge in [-0.25, -0.2) is 9.67 Å². The first-order valence-electron chi connectivity index (χ1n) is 8.49. The molecule has 2 heterocycles. The highest BCUT2D eigenvalue weighted by Crippen LogP contribution is 2.54. The molecule has 2 aromatic heterocycles. The number of halogens is 4. The zero-order valence-electron chi connectivity index (χ0n) is 15.7. The van der Waals surface area contributed by atoms with Gasteiger partial charge in [-0.05, 0) is 52.7 Å². The number of rotatable bonds is 4. The standard InChI is InChI=1S/C17H19F4N5OS/c1-10-11(5-6-13(18)22-10)14(24-28(27)15(2,3)4)12-9-26(25-23-12)16(7-8-16)17(19,20)21/h5-6,9H,7-8H2,1-4H3/b24-14+/t28-/m0/s1. The van der Waals surface area contributed by atoms with Crippen molar-refractivity contribution < 1.29 is 22.1 Å². The van der Waals surface area contributed by atoms with Crippen molar-refractivity contribution in [2.45, 2.75) is 57.0 Å². The van der Waals surface area contributed by atoms with Crippen LogP contribution in [0.4, 0.5) is 17.6 Å². The molecule has 0 spiro atoms. The number of aromatic nitrogens is 4. The van der Waals surface area contributed by atoms with Gasteiger partial charge in [-0.2, -0.15) is 17.6 Å². The van der Waals surface area contributed by atoms with Crippen molar-refractivity contribution in [1.29, 1.82) is 0 Å². The molecule has 0 aliphatic heterocycles. The molecular weight excluding hydrogens is 398 g/mol.